The summed E-state index contributed by atoms with van der Waals surface area (Å²) >= 11 is 5.70. The van der Waals surface area contributed by atoms with Crippen molar-refractivity contribution in [3.05, 3.63) is 65.2 Å². The quantitative estimate of drug-likeness (QED) is 0.615. The van der Waals surface area contributed by atoms with Crippen LogP contribution in [0.15, 0.2) is 48.5 Å². The largest absolute Gasteiger partial charge is 0.489 e. The van der Waals surface area contributed by atoms with Crippen LogP contribution in [0.2, 0.25) is 0 Å². The van der Waals surface area contributed by atoms with Crippen LogP contribution in [0, 0.1) is 6.92 Å². The van der Waals surface area contributed by atoms with Crippen LogP contribution in [0.1, 0.15) is 48.3 Å². The highest BCUT2D eigenvalue weighted by atomic mass is 35.5. The summed E-state index contributed by atoms with van der Waals surface area (Å²) in [4.78, 5) is 0. The van der Waals surface area contributed by atoms with Crippen molar-refractivity contribution >= 4 is 11.6 Å². The molecule has 0 saturated heterocycles. The second-order valence-corrected chi connectivity index (χ2v) is 6.73. The molecule has 1 saturated carbocycles. The summed E-state index contributed by atoms with van der Waals surface area (Å²) in [6.45, 7) is 2.80. The van der Waals surface area contributed by atoms with E-state index in [0.717, 1.165) is 31.4 Å². The molecule has 0 unspecified atom stereocenters. The van der Waals surface area contributed by atoms with Crippen LogP contribution in [0.25, 0.3) is 0 Å². The van der Waals surface area contributed by atoms with Crippen molar-refractivity contribution in [1.82, 2.24) is 0 Å². The minimum atomic E-state index is 0.297. The number of halogens is 1. The van der Waals surface area contributed by atoms with E-state index in [4.69, 9.17) is 21.1 Å². The van der Waals surface area contributed by atoms with Gasteiger partial charge in [0.2, 0.25) is 0 Å². The number of ether oxygens (including phenoxy) is 2. The third-order valence-corrected chi connectivity index (χ3v) is 5.03. The first kappa shape index (κ1) is 17.3. The molecule has 1 aliphatic carbocycles. The van der Waals surface area contributed by atoms with Gasteiger partial charge in [-0.25, -0.2) is 0 Å². The lowest BCUT2D eigenvalue weighted by Gasteiger charge is -2.30. The summed E-state index contributed by atoms with van der Waals surface area (Å²) in [5.74, 6) is 1.58. The fraction of sp³-hybridized carbons (Fsp3) is 0.429. The Morgan fingerprint density at radius 3 is 2.42 bits per heavy atom. The molecule has 0 N–H and O–H groups in total. The average molecular weight is 345 g/mol. The molecule has 0 radical (unpaired) electrons. The van der Waals surface area contributed by atoms with Crippen molar-refractivity contribution in [3.63, 3.8) is 0 Å². The second-order valence-electron chi connectivity index (χ2n) is 6.51. The predicted molar refractivity (Wildman–Crippen MR) is 98.8 cm³/mol. The molecule has 0 amide bonds. The molecule has 24 heavy (non-hydrogen) atoms. The van der Waals surface area contributed by atoms with Crippen molar-refractivity contribution < 1.29 is 9.47 Å². The van der Waals surface area contributed by atoms with E-state index in [-0.39, 0.29) is 0 Å². The van der Waals surface area contributed by atoms with Gasteiger partial charge in [-0.1, -0.05) is 54.1 Å². The topological polar surface area (TPSA) is 18.5 Å². The van der Waals surface area contributed by atoms with E-state index >= 15 is 0 Å². The van der Waals surface area contributed by atoms with Crippen molar-refractivity contribution in [3.8, 4) is 5.75 Å². The van der Waals surface area contributed by atoms with Crippen molar-refractivity contribution in [2.24, 2.45) is 0 Å². The van der Waals surface area contributed by atoms with E-state index in [1.807, 2.05) is 18.2 Å². The van der Waals surface area contributed by atoms with Gasteiger partial charge in [0.1, 0.15) is 18.4 Å². The molecule has 128 valence electrons. The van der Waals surface area contributed by atoms with Gasteiger partial charge in [0.25, 0.3) is 0 Å². The average Bonchev–Trinajstić information content (AvgIpc) is 2.62. The van der Waals surface area contributed by atoms with Crippen LogP contribution < -0.4 is 4.74 Å². The third-order valence-electron chi connectivity index (χ3n) is 4.90. The summed E-state index contributed by atoms with van der Waals surface area (Å²) in [5.41, 5.74) is 3.89. The Bertz CT molecular complexity index is 634. The standard InChI is InChI=1S/C21H25ClO2/c1-16-6-5-9-20(23-14-17-7-3-2-4-8-17)21(16)18-10-12-19(13-11-18)24-15-22/h2-9,18-19H,10-15H2,1H3. The number of aryl methyl sites for hydroxylation is 1. The zero-order valence-corrected chi connectivity index (χ0v) is 15.0. The summed E-state index contributed by atoms with van der Waals surface area (Å²) in [7, 11) is 0. The predicted octanol–water partition coefficient (Wildman–Crippen LogP) is 5.81. The zero-order chi connectivity index (χ0) is 16.8. The van der Waals surface area contributed by atoms with Crippen LogP contribution >= 0.6 is 11.6 Å². The van der Waals surface area contributed by atoms with Crippen LogP contribution in [0.3, 0.4) is 0 Å². The molecule has 0 bridgehead atoms. The van der Waals surface area contributed by atoms with Gasteiger partial charge in [0.15, 0.2) is 0 Å². The molecule has 0 heterocycles. The third kappa shape index (κ3) is 4.31. The minimum Gasteiger partial charge on any atom is -0.489 e. The Labute approximate surface area is 149 Å². The van der Waals surface area contributed by atoms with Crippen LogP contribution in [-0.2, 0) is 11.3 Å². The lowest BCUT2D eigenvalue weighted by molar-refractivity contribution is 0.0527. The number of benzene rings is 2. The normalized spacial score (nSPS) is 20.8. The van der Waals surface area contributed by atoms with E-state index in [1.54, 1.807) is 0 Å². The molecule has 0 spiro atoms. The maximum atomic E-state index is 6.18. The molecule has 0 aromatic heterocycles. The number of rotatable bonds is 6. The molecule has 2 nitrogen and oxygen atoms in total. The minimum absolute atomic E-state index is 0.297. The molecular formula is C21H25ClO2. The first-order valence-electron chi connectivity index (χ1n) is 8.71. The van der Waals surface area contributed by atoms with Gasteiger partial charge >= 0.3 is 0 Å². The van der Waals surface area contributed by atoms with Gasteiger partial charge in [-0.3, -0.25) is 0 Å². The van der Waals surface area contributed by atoms with Gasteiger partial charge in [0.05, 0.1) is 6.10 Å². The van der Waals surface area contributed by atoms with E-state index < -0.39 is 0 Å². The monoisotopic (exact) mass is 344 g/mol. The van der Waals surface area contributed by atoms with Gasteiger partial charge in [-0.15, -0.1) is 0 Å². The molecule has 3 rings (SSSR count). The van der Waals surface area contributed by atoms with Crippen molar-refractivity contribution in [1.29, 1.82) is 0 Å². The summed E-state index contributed by atoms with van der Waals surface area (Å²) in [6.07, 6.45) is 4.73. The molecular weight excluding hydrogens is 320 g/mol. The van der Waals surface area contributed by atoms with E-state index in [9.17, 15) is 0 Å². The van der Waals surface area contributed by atoms with E-state index in [1.165, 1.54) is 16.7 Å². The number of hydrogen-bond acceptors (Lipinski definition) is 2. The molecule has 3 heteroatoms. The molecule has 0 aliphatic heterocycles. The fourth-order valence-corrected chi connectivity index (χ4v) is 3.82. The fourth-order valence-electron chi connectivity index (χ4n) is 3.65. The highest BCUT2D eigenvalue weighted by Gasteiger charge is 2.26. The summed E-state index contributed by atoms with van der Waals surface area (Å²) in [6, 6.07) is 17.0. The molecule has 2 aromatic rings. The lowest BCUT2D eigenvalue weighted by atomic mass is 9.80. The second kappa shape index (κ2) is 8.55. The van der Waals surface area contributed by atoms with Gasteiger partial charge in [0, 0.05) is 5.56 Å². The van der Waals surface area contributed by atoms with Crippen LogP contribution in [0.4, 0.5) is 0 Å². The highest BCUT2D eigenvalue weighted by molar-refractivity contribution is 6.17. The Hall–Kier alpha value is -1.51. The highest BCUT2D eigenvalue weighted by Crippen LogP contribution is 2.40. The molecule has 2 aromatic carbocycles. The Morgan fingerprint density at radius 2 is 1.71 bits per heavy atom. The van der Waals surface area contributed by atoms with E-state index in [2.05, 4.69) is 37.3 Å². The Morgan fingerprint density at radius 1 is 0.958 bits per heavy atom. The SMILES string of the molecule is Cc1cccc(OCc2ccccc2)c1C1CCC(OCCl)CC1. The molecule has 0 atom stereocenters. The smallest absolute Gasteiger partial charge is 0.123 e. The van der Waals surface area contributed by atoms with Gasteiger partial charge in [-0.05, 0) is 55.7 Å². The number of hydrogen-bond donors (Lipinski definition) is 0. The van der Waals surface area contributed by atoms with Crippen molar-refractivity contribution in [2.45, 2.75) is 51.2 Å². The van der Waals surface area contributed by atoms with Crippen LogP contribution in [0.5, 0.6) is 5.75 Å². The molecule has 1 aliphatic rings. The first-order chi connectivity index (χ1) is 11.8. The summed E-state index contributed by atoms with van der Waals surface area (Å²) < 4.78 is 11.7. The Balaban J connectivity index is 1.71. The lowest BCUT2D eigenvalue weighted by Crippen LogP contribution is -2.21. The zero-order valence-electron chi connectivity index (χ0n) is 14.2. The van der Waals surface area contributed by atoms with Gasteiger partial charge < -0.3 is 9.47 Å². The van der Waals surface area contributed by atoms with E-state index in [0.29, 0.717) is 24.7 Å². The first-order valence-corrected chi connectivity index (χ1v) is 9.25. The maximum Gasteiger partial charge on any atom is 0.123 e. The summed E-state index contributed by atoms with van der Waals surface area (Å²) in [5, 5.41) is 0. The number of alkyl halides is 1. The van der Waals surface area contributed by atoms with Crippen LogP contribution in [-0.4, -0.2) is 12.2 Å². The van der Waals surface area contributed by atoms with Crippen molar-refractivity contribution in [2.75, 3.05) is 6.07 Å². The molecule has 1 fully saturated rings. The Kier molecular flexibility index (Phi) is 6.17. The maximum absolute atomic E-state index is 6.18. The van der Waals surface area contributed by atoms with Gasteiger partial charge in [-0.2, -0.15) is 0 Å².